The molecule has 1 unspecified atom stereocenters. The zero-order chi connectivity index (χ0) is 22.5. The van der Waals surface area contributed by atoms with Gasteiger partial charge in [0.05, 0.1) is 12.1 Å². The highest BCUT2D eigenvalue weighted by atomic mass is 16.2. The van der Waals surface area contributed by atoms with Crippen molar-refractivity contribution in [2.24, 2.45) is 0 Å². The third-order valence-electron chi connectivity index (χ3n) is 5.48. The van der Waals surface area contributed by atoms with E-state index < -0.39 is 0 Å². The number of Topliss-reactive ketones (excluding diaryl/α,β-unsaturated/α-hetero) is 1. The van der Waals surface area contributed by atoms with E-state index in [4.69, 9.17) is 0 Å². The van der Waals surface area contributed by atoms with Crippen molar-refractivity contribution in [3.05, 3.63) is 59.8 Å². The summed E-state index contributed by atoms with van der Waals surface area (Å²) in [6, 6.07) is 14.3. The number of rotatable bonds is 8. The number of aromatic nitrogens is 1. The van der Waals surface area contributed by atoms with E-state index in [9.17, 15) is 14.4 Å². The fourth-order valence-corrected chi connectivity index (χ4v) is 3.83. The van der Waals surface area contributed by atoms with Crippen LogP contribution in [-0.2, 0) is 9.59 Å². The number of carbonyl (C=O) groups excluding carboxylic acids is 3. The SMILES string of the molecule is CC[NH+](CC(=O)Nc1ccc(NC(C)=O)cc1)[C@H](C)C(=O)c1c(C)[nH]c2ccccc12. The van der Waals surface area contributed by atoms with E-state index in [1.807, 2.05) is 45.0 Å². The number of amides is 2. The molecule has 0 bridgehead atoms. The Balaban J connectivity index is 1.68. The molecule has 0 saturated heterocycles. The van der Waals surface area contributed by atoms with E-state index in [-0.39, 0.29) is 30.2 Å². The Bertz CT molecular complexity index is 1100. The predicted octanol–water partition coefficient (Wildman–Crippen LogP) is 2.55. The van der Waals surface area contributed by atoms with Gasteiger partial charge in [-0.05, 0) is 51.1 Å². The average molecular weight is 422 g/mol. The number of nitrogens with one attached hydrogen (secondary N) is 4. The van der Waals surface area contributed by atoms with E-state index in [1.165, 1.54) is 6.92 Å². The number of anilines is 2. The first-order valence-electron chi connectivity index (χ1n) is 10.4. The van der Waals surface area contributed by atoms with Crippen molar-refractivity contribution < 1.29 is 19.3 Å². The van der Waals surface area contributed by atoms with Crippen LogP contribution in [0.4, 0.5) is 11.4 Å². The summed E-state index contributed by atoms with van der Waals surface area (Å²) in [4.78, 5) is 41.2. The maximum Gasteiger partial charge on any atom is 0.279 e. The minimum Gasteiger partial charge on any atom is -0.358 e. The zero-order valence-corrected chi connectivity index (χ0v) is 18.3. The number of hydrogen-bond donors (Lipinski definition) is 4. The molecule has 31 heavy (non-hydrogen) atoms. The van der Waals surface area contributed by atoms with E-state index >= 15 is 0 Å². The van der Waals surface area contributed by atoms with Crippen molar-refractivity contribution >= 4 is 39.9 Å². The zero-order valence-electron chi connectivity index (χ0n) is 18.3. The second-order valence-electron chi connectivity index (χ2n) is 7.75. The summed E-state index contributed by atoms with van der Waals surface area (Å²) in [5, 5.41) is 6.47. The Kier molecular flexibility index (Phi) is 6.87. The van der Waals surface area contributed by atoms with Gasteiger partial charge in [0.2, 0.25) is 11.7 Å². The summed E-state index contributed by atoms with van der Waals surface area (Å²) >= 11 is 0. The fourth-order valence-electron chi connectivity index (χ4n) is 3.83. The van der Waals surface area contributed by atoms with Crippen LogP contribution < -0.4 is 15.5 Å². The van der Waals surface area contributed by atoms with Crippen molar-refractivity contribution in [3.8, 4) is 0 Å². The molecule has 7 nitrogen and oxygen atoms in total. The van der Waals surface area contributed by atoms with E-state index in [1.54, 1.807) is 24.3 Å². The van der Waals surface area contributed by atoms with Crippen LogP contribution in [0.5, 0.6) is 0 Å². The molecule has 0 aliphatic rings. The molecule has 2 amide bonds. The molecule has 0 aliphatic carbocycles. The third kappa shape index (κ3) is 5.19. The Morgan fingerprint density at radius 3 is 2.23 bits per heavy atom. The Morgan fingerprint density at radius 2 is 1.61 bits per heavy atom. The summed E-state index contributed by atoms with van der Waals surface area (Å²) in [6.07, 6.45) is 0. The van der Waals surface area contributed by atoms with Gasteiger partial charge < -0.3 is 20.5 Å². The van der Waals surface area contributed by atoms with Gasteiger partial charge in [-0.25, -0.2) is 0 Å². The maximum atomic E-state index is 13.3. The molecular formula is C24H29N4O3+. The lowest BCUT2D eigenvalue weighted by atomic mass is 10.0. The number of quaternary nitrogens is 1. The first-order valence-corrected chi connectivity index (χ1v) is 10.4. The van der Waals surface area contributed by atoms with Crippen LogP contribution >= 0.6 is 0 Å². The summed E-state index contributed by atoms with van der Waals surface area (Å²) in [5.41, 5.74) is 3.79. The van der Waals surface area contributed by atoms with Crippen LogP contribution in [0.25, 0.3) is 10.9 Å². The highest BCUT2D eigenvalue weighted by Gasteiger charge is 2.29. The smallest absolute Gasteiger partial charge is 0.279 e. The standard InChI is InChI=1S/C24H28N4O3/c1-5-28(14-22(30)27-19-12-10-18(11-13-19)26-17(4)29)16(3)24(31)23-15(2)25-21-9-7-6-8-20(21)23/h6-13,16,25H,5,14H2,1-4H3,(H,26,29)(H,27,30)/p+1/t16-/m1/s1. The number of aromatic amines is 1. The second kappa shape index (κ2) is 9.57. The normalized spacial score (nSPS) is 12.9. The highest BCUT2D eigenvalue weighted by molar-refractivity contribution is 6.11. The molecule has 1 aromatic heterocycles. The number of carbonyl (C=O) groups is 3. The number of para-hydroxylation sites is 1. The molecule has 3 aromatic rings. The van der Waals surface area contributed by atoms with Crippen LogP contribution in [-0.4, -0.2) is 41.7 Å². The summed E-state index contributed by atoms with van der Waals surface area (Å²) in [5.74, 6) is -0.290. The summed E-state index contributed by atoms with van der Waals surface area (Å²) < 4.78 is 0. The molecule has 0 fully saturated rings. The Hall–Kier alpha value is -3.45. The van der Waals surface area contributed by atoms with Crippen molar-refractivity contribution in [1.82, 2.24) is 4.98 Å². The molecule has 0 spiro atoms. The number of hydrogen-bond acceptors (Lipinski definition) is 3. The van der Waals surface area contributed by atoms with Gasteiger partial charge in [0, 0.05) is 34.9 Å². The lowest BCUT2D eigenvalue weighted by Crippen LogP contribution is -3.17. The van der Waals surface area contributed by atoms with Gasteiger partial charge in [0.1, 0.15) is 6.04 Å². The summed E-state index contributed by atoms with van der Waals surface area (Å²) in [6.45, 7) is 8.01. The van der Waals surface area contributed by atoms with E-state index in [2.05, 4.69) is 15.6 Å². The second-order valence-corrected chi connectivity index (χ2v) is 7.75. The van der Waals surface area contributed by atoms with Gasteiger partial charge in [0.25, 0.3) is 5.91 Å². The fraction of sp³-hybridized carbons (Fsp3) is 0.292. The first-order chi connectivity index (χ1) is 14.8. The van der Waals surface area contributed by atoms with Gasteiger partial charge in [-0.3, -0.25) is 14.4 Å². The molecule has 7 heteroatoms. The topological polar surface area (TPSA) is 95.5 Å². The largest absolute Gasteiger partial charge is 0.358 e. The van der Waals surface area contributed by atoms with Crippen molar-refractivity contribution in [3.63, 3.8) is 0 Å². The Labute approximate surface area is 181 Å². The van der Waals surface area contributed by atoms with Crippen molar-refractivity contribution in [2.45, 2.75) is 33.7 Å². The molecule has 4 N–H and O–H groups in total. The highest BCUT2D eigenvalue weighted by Crippen LogP contribution is 2.22. The van der Waals surface area contributed by atoms with Crippen LogP contribution in [0.1, 0.15) is 36.8 Å². The molecule has 162 valence electrons. The minimum absolute atomic E-state index is 0.0271. The van der Waals surface area contributed by atoms with Crippen LogP contribution in [0, 0.1) is 6.92 Å². The summed E-state index contributed by atoms with van der Waals surface area (Å²) in [7, 11) is 0. The van der Waals surface area contributed by atoms with Crippen molar-refractivity contribution in [2.75, 3.05) is 23.7 Å². The van der Waals surface area contributed by atoms with Gasteiger partial charge in [-0.1, -0.05) is 18.2 Å². The lowest BCUT2D eigenvalue weighted by Gasteiger charge is -2.23. The van der Waals surface area contributed by atoms with E-state index in [0.29, 0.717) is 23.5 Å². The van der Waals surface area contributed by atoms with Crippen molar-refractivity contribution in [1.29, 1.82) is 0 Å². The number of likely N-dealkylation sites (N-methyl/N-ethyl adjacent to an activating group) is 1. The number of fused-ring (bicyclic) bond motifs is 1. The molecule has 2 aromatic carbocycles. The number of H-pyrrole nitrogens is 1. The molecule has 0 aliphatic heterocycles. The monoisotopic (exact) mass is 421 g/mol. The van der Waals surface area contributed by atoms with Gasteiger partial charge in [0.15, 0.2) is 6.54 Å². The molecule has 2 atom stereocenters. The Morgan fingerprint density at radius 1 is 1.00 bits per heavy atom. The number of benzene rings is 2. The first kappa shape index (κ1) is 22.2. The van der Waals surface area contributed by atoms with E-state index in [0.717, 1.165) is 21.5 Å². The van der Waals surface area contributed by atoms with Crippen LogP contribution in [0.15, 0.2) is 48.5 Å². The maximum absolute atomic E-state index is 13.3. The molecule has 1 heterocycles. The number of aryl methyl sites for hydroxylation is 1. The lowest BCUT2D eigenvalue weighted by molar-refractivity contribution is -0.903. The van der Waals surface area contributed by atoms with Gasteiger partial charge in [-0.2, -0.15) is 0 Å². The minimum atomic E-state index is -0.365. The predicted molar refractivity (Wildman–Crippen MR) is 123 cm³/mol. The third-order valence-corrected chi connectivity index (χ3v) is 5.48. The van der Waals surface area contributed by atoms with Gasteiger partial charge in [-0.15, -0.1) is 0 Å². The molecule has 0 radical (unpaired) electrons. The number of ketones is 1. The molecule has 3 rings (SSSR count). The van der Waals surface area contributed by atoms with Gasteiger partial charge >= 0.3 is 0 Å². The van der Waals surface area contributed by atoms with Crippen LogP contribution in [0.2, 0.25) is 0 Å². The average Bonchev–Trinajstić information content (AvgIpc) is 3.07. The van der Waals surface area contributed by atoms with Crippen LogP contribution in [0.3, 0.4) is 0 Å². The molecule has 0 saturated carbocycles. The quantitative estimate of drug-likeness (QED) is 0.421. The molecular weight excluding hydrogens is 392 g/mol.